The SMILES string of the molecule is CC(CC#N)NS(=O)(=O)c1ccc(Cl)cc1. The van der Waals surface area contributed by atoms with E-state index in [4.69, 9.17) is 16.9 Å². The van der Waals surface area contributed by atoms with Crippen LogP contribution >= 0.6 is 11.6 Å². The Kier molecular flexibility index (Phi) is 4.30. The van der Waals surface area contributed by atoms with Crippen LogP contribution < -0.4 is 4.72 Å². The van der Waals surface area contributed by atoms with Gasteiger partial charge in [-0.3, -0.25) is 0 Å². The summed E-state index contributed by atoms with van der Waals surface area (Å²) in [5.74, 6) is 0. The normalized spacial score (nSPS) is 13.1. The van der Waals surface area contributed by atoms with Gasteiger partial charge in [0.05, 0.1) is 17.4 Å². The number of hydrogen-bond acceptors (Lipinski definition) is 3. The Labute approximate surface area is 99.9 Å². The van der Waals surface area contributed by atoms with Crippen LogP contribution in [0.3, 0.4) is 0 Å². The Hall–Kier alpha value is -1.09. The predicted octanol–water partition coefficient (Wildman–Crippen LogP) is 1.92. The van der Waals surface area contributed by atoms with Crippen molar-refractivity contribution in [1.29, 1.82) is 5.26 Å². The molecule has 0 amide bonds. The van der Waals surface area contributed by atoms with Crippen molar-refractivity contribution in [3.05, 3.63) is 29.3 Å². The maximum absolute atomic E-state index is 11.8. The van der Waals surface area contributed by atoms with Crippen molar-refractivity contribution in [2.24, 2.45) is 0 Å². The number of hydrogen-bond donors (Lipinski definition) is 1. The van der Waals surface area contributed by atoms with E-state index in [0.29, 0.717) is 5.02 Å². The highest BCUT2D eigenvalue weighted by molar-refractivity contribution is 7.89. The van der Waals surface area contributed by atoms with E-state index in [1.807, 2.05) is 6.07 Å². The first-order valence-electron chi connectivity index (χ1n) is 4.60. The van der Waals surface area contributed by atoms with Crippen LogP contribution in [0.2, 0.25) is 5.02 Å². The Morgan fingerprint density at radius 3 is 2.50 bits per heavy atom. The molecule has 0 saturated carbocycles. The molecule has 6 heteroatoms. The van der Waals surface area contributed by atoms with Gasteiger partial charge in [0.15, 0.2) is 0 Å². The topological polar surface area (TPSA) is 70.0 Å². The van der Waals surface area contributed by atoms with Crippen molar-refractivity contribution in [2.45, 2.75) is 24.3 Å². The highest BCUT2D eigenvalue weighted by Gasteiger charge is 2.16. The zero-order chi connectivity index (χ0) is 12.2. The molecule has 0 aliphatic rings. The van der Waals surface area contributed by atoms with Crippen LogP contribution in [0, 0.1) is 11.3 Å². The molecule has 0 radical (unpaired) electrons. The van der Waals surface area contributed by atoms with Crippen LogP contribution in [0.15, 0.2) is 29.2 Å². The van der Waals surface area contributed by atoms with Crippen LogP contribution in [-0.2, 0) is 10.0 Å². The summed E-state index contributed by atoms with van der Waals surface area (Å²) in [7, 11) is -3.56. The zero-order valence-electron chi connectivity index (χ0n) is 8.64. The first-order chi connectivity index (χ1) is 7.45. The molecule has 1 unspecified atom stereocenters. The number of benzene rings is 1. The van der Waals surface area contributed by atoms with E-state index < -0.39 is 16.1 Å². The number of rotatable bonds is 4. The van der Waals surface area contributed by atoms with E-state index in [1.54, 1.807) is 6.92 Å². The van der Waals surface area contributed by atoms with Crippen LogP contribution in [0.1, 0.15) is 13.3 Å². The summed E-state index contributed by atoms with van der Waals surface area (Å²) in [6.07, 6.45) is 0.132. The Morgan fingerprint density at radius 2 is 2.00 bits per heavy atom. The second-order valence-electron chi connectivity index (χ2n) is 3.34. The molecule has 1 N–H and O–H groups in total. The number of sulfonamides is 1. The van der Waals surface area contributed by atoms with Gasteiger partial charge in [-0.1, -0.05) is 11.6 Å². The largest absolute Gasteiger partial charge is 0.240 e. The lowest BCUT2D eigenvalue weighted by atomic mass is 10.3. The van der Waals surface area contributed by atoms with E-state index in [9.17, 15) is 8.42 Å². The van der Waals surface area contributed by atoms with Crippen molar-refractivity contribution >= 4 is 21.6 Å². The molecule has 16 heavy (non-hydrogen) atoms. The van der Waals surface area contributed by atoms with E-state index in [1.165, 1.54) is 24.3 Å². The molecule has 0 heterocycles. The van der Waals surface area contributed by atoms with Crippen molar-refractivity contribution in [3.8, 4) is 6.07 Å². The van der Waals surface area contributed by atoms with Gasteiger partial charge in [0, 0.05) is 11.1 Å². The highest BCUT2D eigenvalue weighted by Crippen LogP contribution is 2.14. The minimum atomic E-state index is -3.56. The molecule has 0 aromatic heterocycles. The third-order valence-corrected chi connectivity index (χ3v) is 3.74. The molecular weight excluding hydrogens is 248 g/mol. The summed E-state index contributed by atoms with van der Waals surface area (Å²) >= 11 is 5.66. The number of nitrogens with zero attached hydrogens (tertiary/aromatic N) is 1. The molecule has 0 aliphatic heterocycles. The number of nitriles is 1. The molecule has 0 fully saturated rings. The van der Waals surface area contributed by atoms with Gasteiger partial charge in [0.1, 0.15) is 0 Å². The molecule has 4 nitrogen and oxygen atoms in total. The van der Waals surface area contributed by atoms with Gasteiger partial charge in [-0.25, -0.2) is 13.1 Å². The smallest absolute Gasteiger partial charge is 0.207 e. The lowest BCUT2D eigenvalue weighted by Gasteiger charge is -2.10. The third kappa shape index (κ3) is 3.49. The van der Waals surface area contributed by atoms with Crippen molar-refractivity contribution in [3.63, 3.8) is 0 Å². The minimum Gasteiger partial charge on any atom is -0.207 e. The van der Waals surface area contributed by atoms with E-state index in [0.717, 1.165) is 0 Å². The Balaban J connectivity index is 2.87. The second kappa shape index (κ2) is 5.30. The summed E-state index contributed by atoms with van der Waals surface area (Å²) in [4.78, 5) is 0.140. The molecular formula is C10H11ClN2O2S. The lowest BCUT2D eigenvalue weighted by Crippen LogP contribution is -2.32. The third-order valence-electron chi connectivity index (χ3n) is 1.88. The Bertz CT molecular complexity index is 491. The van der Waals surface area contributed by atoms with Crippen LogP contribution in [-0.4, -0.2) is 14.5 Å². The monoisotopic (exact) mass is 258 g/mol. The average Bonchev–Trinajstić information content (AvgIpc) is 2.17. The second-order valence-corrected chi connectivity index (χ2v) is 5.49. The lowest BCUT2D eigenvalue weighted by molar-refractivity contribution is 0.563. The molecule has 0 aliphatic carbocycles. The van der Waals surface area contributed by atoms with Crippen LogP contribution in [0.4, 0.5) is 0 Å². The van der Waals surface area contributed by atoms with Crippen LogP contribution in [0.5, 0.6) is 0 Å². The van der Waals surface area contributed by atoms with Gasteiger partial charge in [-0.15, -0.1) is 0 Å². The van der Waals surface area contributed by atoms with Gasteiger partial charge in [-0.2, -0.15) is 5.26 Å². The molecule has 1 rings (SSSR count). The highest BCUT2D eigenvalue weighted by atomic mass is 35.5. The quantitative estimate of drug-likeness (QED) is 0.897. The van der Waals surface area contributed by atoms with E-state index in [2.05, 4.69) is 4.72 Å². The van der Waals surface area contributed by atoms with E-state index in [-0.39, 0.29) is 11.3 Å². The molecule has 0 spiro atoms. The maximum atomic E-state index is 11.8. The average molecular weight is 259 g/mol. The summed E-state index contributed by atoms with van der Waals surface area (Å²) in [5, 5.41) is 8.91. The summed E-state index contributed by atoms with van der Waals surface area (Å²) < 4.78 is 25.9. The minimum absolute atomic E-state index is 0.132. The van der Waals surface area contributed by atoms with Crippen molar-refractivity contribution in [1.82, 2.24) is 4.72 Å². The first-order valence-corrected chi connectivity index (χ1v) is 6.46. The van der Waals surface area contributed by atoms with Gasteiger partial charge in [0.2, 0.25) is 10.0 Å². The van der Waals surface area contributed by atoms with E-state index >= 15 is 0 Å². The molecule has 86 valence electrons. The fraction of sp³-hybridized carbons (Fsp3) is 0.300. The van der Waals surface area contributed by atoms with Gasteiger partial charge < -0.3 is 0 Å². The summed E-state index contributed by atoms with van der Waals surface area (Å²) in [6.45, 7) is 1.64. The van der Waals surface area contributed by atoms with Gasteiger partial charge >= 0.3 is 0 Å². The number of halogens is 1. The van der Waals surface area contributed by atoms with Gasteiger partial charge in [-0.05, 0) is 31.2 Å². The molecule has 1 atom stereocenters. The fourth-order valence-corrected chi connectivity index (χ4v) is 2.49. The summed E-state index contributed by atoms with van der Waals surface area (Å²) in [6, 6.07) is 7.34. The van der Waals surface area contributed by atoms with Gasteiger partial charge in [0.25, 0.3) is 0 Å². The first kappa shape index (κ1) is 13.0. The summed E-state index contributed by atoms with van der Waals surface area (Å²) in [5.41, 5.74) is 0. The molecule has 0 bridgehead atoms. The standard InChI is InChI=1S/C10H11ClN2O2S/c1-8(6-7-12)13-16(14,15)10-4-2-9(11)3-5-10/h2-5,8,13H,6H2,1H3. The number of nitrogens with one attached hydrogen (secondary N) is 1. The van der Waals surface area contributed by atoms with Crippen LogP contribution in [0.25, 0.3) is 0 Å². The molecule has 1 aromatic carbocycles. The zero-order valence-corrected chi connectivity index (χ0v) is 10.2. The molecule has 1 aromatic rings. The molecule has 0 saturated heterocycles. The predicted molar refractivity (Wildman–Crippen MR) is 61.5 cm³/mol. The van der Waals surface area contributed by atoms with Crippen molar-refractivity contribution < 1.29 is 8.42 Å². The Morgan fingerprint density at radius 1 is 1.44 bits per heavy atom. The fourth-order valence-electron chi connectivity index (χ4n) is 1.13. The maximum Gasteiger partial charge on any atom is 0.240 e. The van der Waals surface area contributed by atoms with Crippen molar-refractivity contribution in [2.75, 3.05) is 0 Å².